The standard InChI is InChI=1S/C9H13BrN2/c1-3-12-9-4-6(2)8(11)5-7(9)10/h4-5,12H,3,11H2,1-2H3. The second-order valence-corrected chi connectivity index (χ2v) is 3.57. The molecule has 0 aliphatic rings. The van der Waals surface area contributed by atoms with Crippen molar-refractivity contribution >= 4 is 27.3 Å². The maximum absolute atomic E-state index is 5.73. The highest BCUT2D eigenvalue weighted by Crippen LogP contribution is 2.27. The number of nitrogen functional groups attached to an aromatic ring is 1. The van der Waals surface area contributed by atoms with E-state index in [0.29, 0.717) is 0 Å². The first-order valence-electron chi connectivity index (χ1n) is 3.94. The van der Waals surface area contributed by atoms with Crippen LogP contribution in [0.25, 0.3) is 0 Å². The van der Waals surface area contributed by atoms with Crippen molar-refractivity contribution in [3.05, 3.63) is 22.2 Å². The lowest BCUT2D eigenvalue weighted by Gasteiger charge is -2.08. The van der Waals surface area contributed by atoms with Crippen LogP contribution < -0.4 is 11.1 Å². The minimum Gasteiger partial charge on any atom is -0.398 e. The first-order chi connectivity index (χ1) is 5.65. The van der Waals surface area contributed by atoms with Gasteiger partial charge in [-0.05, 0) is 47.5 Å². The van der Waals surface area contributed by atoms with Gasteiger partial charge < -0.3 is 11.1 Å². The van der Waals surface area contributed by atoms with Crippen molar-refractivity contribution in [1.29, 1.82) is 0 Å². The molecule has 0 fully saturated rings. The Labute approximate surface area is 81.3 Å². The molecule has 1 aromatic rings. The highest BCUT2D eigenvalue weighted by Gasteiger charge is 2.01. The highest BCUT2D eigenvalue weighted by molar-refractivity contribution is 9.10. The van der Waals surface area contributed by atoms with Gasteiger partial charge in [-0.1, -0.05) is 0 Å². The van der Waals surface area contributed by atoms with Gasteiger partial charge in [0.05, 0.1) is 0 Å². The lowest BCUT2D eigenvalue weighted by molar-refractivity contribution is 1.20. The van der Waals surface area contributed by atoms with E-state index in [2.05, 4.69) is 28.2 Å². The second kappa shape index (κ2) is 3.81. The molecule has 0 aromatic heterocycles. The van der Waals surface area contributed by atoms with Crippen LogP contribution in [-0.4, -0.2) is 6.54 Å². The van der Waals surface area contributed by atoms with Crippen LogP contribution in [0, 0.1) is 6.92 Å². The Hall–Kier alpha value is -0.700. The van der Waals surface area contributed by atoms with Crippen molar-refractivity contribution in [2.45, 2.75) is 13.8 Å². The molecular formula is C9H13BrN2. The van der Waals surface area contributed by atoms with Gasteiger partial charge in [0.2, 0.25) is 0 Å². The van der Waals surface area contributed by atoms with Gasteiger partial charge in [0, 0.05) is 22.4 Å². The zero-order chi connectivity index (χ0) is 9.14. The molecule has 0 unspecified atom stereocenters. The normalized spacial score (nSPS) is 9.92. The summed E-state index contributed by atoms with van der Waals surface area (Å²) in [7, 11) is 0. The lowest BCUT2D eigenvalue weighted by atomic mass is 10.2. The van der Waals surface area contributed by atoms with Crippen molar-refractivity contribution in [3.8, 4) is 0 Å². The number of aryl methyl sites for hydroxylation is 1. The summed E-state index contributed by atoms with van der Waals surface area (Å²) in [6.07, 6.45) is 0. The third-order valence-electron chi connectivity index (χ3n) is 1.72. The van der Waals surface area contributed by atoms with Crippen molar-refractivity contribution in [2.75, 3.05) is 17.6 Å². The van der Waals surface area contributed by atoms with E-state index in [1.54, 1.807) is 0 Å². The predicted octanol–water partition coefficient (Wildman–Crippen LogP) is 2.77. The van der Waals surface area contributed by atoms with Crippen LogP contribution in [0.15, 0.2) is 16.6 Å². The zero-order valence-corrected chi connectivity index (χ0v) is 8.90. The fraction of sp³-hybridized carbons (Fsp3) is 0.333. The largest absolute Gasteiger partial charge is 0.398 e. The minimum absolute atomic E-state index is 0.823. The fourth-order valence-electron chi connectivity index (χ4n) is 1.02. The molecule has 0 radical (unpaired) electrons. The molecule has 0 saturated heterocycles. The molecule has 12 heavy (non-hydrogen) atoms. The first kappa shape index (κ1) is 9.39. The second-order valence-electron chi connectivity index (χ2n) is 2.72. The number of hydrogen-bond donors (Lipinski definition) is 2. The van der Waals surface area contributed by atoms with Gasteiger partial charge in [-0.3, -0.25) is 0 Å². The molecule has 0 heterocycles. The number of halogens is 1. The van der Waals surface area contributed by atoms with Crippen molar-refractivity contribution < 1.29 is 0 Å². The van der Waals surface area contributed by atoms with Crippen molar-refractivity contribution in [2.24, 2.45) is 0 Å². The Morgan fingerprint density at radius 3 is 2.75 bits per heavy atom. The number of nitrogens with two attached hydrogens (primary N) is 1. The summed E-state index contributed by atoms with van der Waals surface area (Å²) < 4.78 is 1.02. The molecule has 66 valence electrons. The van der Waals surface area contributed by atoms with Gasteiger partial charge in [0.1, 0.15) is 0 Å². The molecule has 0 bridgehead atoms. The van der Waals surface area contributed by atoms with Crippen LogP contribution in [0.1, 0.15) is 12.5 Å². The van der Waals surface area contributed by atoms with Crippen LogP contribution in [0.2, 0.25) is 0 Å². The summed E-state index contributed by atoms with van der Waals surface area (Å²) in [5.74, 6) is 0. The molecule has 0 atom stereocenters. The van der Waals surface area contributed by atoms with Gasteiger partial charge >= 0.3 is 0 Å². The molecule has 1 aromatic carbocycles. The Kier molecular flexibility index (Phi) is 2.98. The molecule has 3 heteroatoms. The number of rotatable bonds is 2. The molecule has 0 aliphatic carbocycles. The molecule has 2 nitrogen and oxygen atoms in total. The molecule has 0 spiro atoms. The predicted molar refractivity (Wildman–Crippen MR) is 57.5 cm³/mol. The SMILES string of the molecule is CCNc1cc(C)c(N)cc1Br. The minimum atomic E-state index is 0.823. The third kappa shape index (κ3) is 1.91. The number of hydrogen-bond acceptors (Lipinski definition) is 2. The van der Waals surface area contributed by atoms with E-state index in [9.17, 15) is 0 Å². The molecule has 3 N–H and O–H groups in total. The van der Waals surface area contributed by atoms with Crippen LogP contribution in [0.4, 0.5) is 11.4 Å². The van der Waals surface area contributed by atoms with E-state index < -0.39 is 0 Å². The third-order valence-corrected chi connectivity index (χ3v) is 2.38. The molecule has 0 aliphatic heterocycles. The van der Waals surface area contributed by atoms with Crippen LogP contribution in [0.5, 0.6) is 0 Å². The topological polar surface area (TPSA) is 38.0 Å². The maximum atomic E-state index is 5.73. The summed E-state index contributed by atoms with van der Waals surface area (Å²) in [6.45, 7) is 4.99. The summed E-state index contributed by atoms with van der Waals surface area (Å²) >= 11 is 3.44. The Balaban J connectivity index is 3.05. The highest BCUT2D eigenvalue weighted by atomic mass is 79.9. The van der Waals surface area contributed by atoms with Gasteiger partial charge in [-0.15, -0.1) is 0 Å². The Bertz CT molecular complexity index is 284. The average molecular weight is 229 g/mol. The Morgan fingerprint density at radius 1 is 1.50 bits per heavy atom. The molecular weight excluding hydrogens is 216 g/mol. The fourth-order valence-corrected chi connectivity index (χ4v) is 1.52. The first-order valence-corrected chi connectivity index (χ1v) is 4.74. The van der Waals surface area contributed by atoms with Gasteiger partial charge in [-0.2, -0.15) is 0 Å². The maximum Gasteiger partial charge on any atom is 0.0488 e. The van der Waals surface area contributed by atoms with E-state index in [4.69, 9.17) is 5.73 Å². The summed E-state index contributed by atoms with van der Waals surface area (Å²) in [5.41, 5.74) is 8.76. The smallest absolute Gasteiger partial charge is 0.0488 e. The monoisotopic (exact) mass is 228 g/mol. The Morgan fingerprint density at radius 2 is 2.17 bits per heavy atom. The van der Waals surface area contributed by atoms with Gasteiger partial charge in [0.15, 0.2) is 0 Å². The number of benzene rings is 1. The van der Waals surface area contributed by atoms with Crippen LogP contribution in [0.3, 0.4) is 0 Å². The number of anilines is 2. The summed E-state index contributed by atoms with van der Waals surface area (Å²) in [5, 5.41) is 3.24. The zero-order valence-electron chi connectivity index (χ0n) is 7.32. The summed E-state index contributed by atoms with van der Waals surface area (Å²) in [6, 6.07) is 3.97. The average Bonchev–Trinajstić information content (AvgIpc) is 2.01. The van der Waals surface area contributed by atoms with E-state index in [1.807, 2.05) is 19.1 Å². The number of nitrogens with one attached hydrogen (secondary N) is 1. The lowest BCUT2D eigenvalue weighted by Crippen LogP contribution is -1.99. The van der Waals surface area contributed by atoms with Gasteiger partial charge in [-0.25, -0.2) is 0 Å². The quantitative estimate of drug-likeness (QED) is 0.765. The van der Waals surface area contributed by atoms with Crippen LogP contribution in [-0.2, 0) is 0 Å². The summed E-state index contributed by atoms with van der Waals surface area (Å²) in [4.78, 5) is 0. The van der Waals surface area contributed by atoms with E-state index >= 15 is 0 Å². The van der Waals surface area contributed by atoms with Crippen molar-refractivity contribution in [1.82, 2.24) is 0 Å². The molecule has 0 saturated carbocycles. The van der Waals surface area contributed by atoms with E-state index in [1.165, 1.54) is 0 Å². The van der Waals surface area contributed by atoms with Crippen LogP contribution >= 0.6 is 15.9 Å². The van der Waals surface area contributed by atoms with E-state index in [-0.39, 0.29) is 0 Å². The molecule has 0 amide bonds. The van der Waals surface area contributed by atoms with Crippen molar-refractivity contribution in [3.63, 3.8) is 0 Å². The van der Waals surface area contributed by atoms with E-state index in [0.717, 1.165) is 28.0 Å². The van der Waals surface area contributed by atoms with Gasteiger partial charge in [0.25, 0.3) is 0 Å². The molecule has 1 rings (SSSR count).